The van der Waals surface area contributed by atoms with E-state index in [0.29, 0.717) is 5.69 Å². The lowest BCUT2D eigenvalue weighted by atomic mass is 10.2. The molecule has 0 spiro atoms. The number of amides is 1. The predicted molar refractivity (Wildman–Crippen MR) is 98.8 cm³/mol. The number of hydrogen-bond donors (Lipinski definition) is 0. The highest BCUT2D eigenvalue weighted by Crippen LogP contribution is 2.29. The van der Waals surface area contributed by atoms with Gasteiger partial charge < -0.3 is 19.1 Å². The maximum atomic E-state index is 13.1. The van der Waals surface area contributed by atoms with Crippen LogP contribution >= 0.6 is 0 Å². The molecular formula is C20H19FN2O5. The number of methoxy groups -OCH3 is 2. The van der Waals surface area contributed by atoms with Crippen LogP contribution in [0.2, 0.25) is 0 Å². The first-order chi connectivity index (χ1) is 13.5. The van der Waals surface area contributed by atoms with Crippen molar-refractivity contribution in [3.05, 3.63) is 53.8 Å². The van der Waals surface area contributed by atoms with Gasteiger partial charge in [0.05, 0.1) is 26.7 Å². The minimum atomic E-state index is -0.790. The summed E-state index contributed by atoms with van der Waals surface area (Å²) in [6.07, 6.45) is 0.0669. The second-order valence-electron chi connectivity index (χ2n) is 5.54. The highest BCUT2D eigenvalue weighted by molar-refractivity contribution is 5.99. The first-order valence-corrected chi connectivity index (χ1v) is 8.32. The van der Waals surface area contributed by atoms with Crippen molar-refractivity contribution in [2.24, 2.45) is 0 Å². The van der Waals surface area contributed by atoms with Gasteiger partial charge in [0.15, 0.2) is 6.61 Å². The van der Waals surface area contributed by atoms with E-state index in [9.17, 15) is 14.0 Å². The number of benzene rings is 2. The summed E-state index contributed by atoms with van der Waals surface area (Å²) in [5.41, 5.74) is 0.457. The smallest absolute Gasteiger partial charge is 0.346 e. The van der Waals surface area contributed by atoms with Crippen molar-refractivity contribution in [1.82, 2.24) is 0 Å². The van der Waals surface area contributed by atoms with Gasteiger partial charge in [-0.15, -0.1) is 0 Å². The maximum absolute atomic E-state index is 13.1. The van der Waals surface area contributed by atoms with Crippen LogP contribution < -0.4 is 14.4 Å². The average Bonchev–Trinajstić information content (AvgIpc) is 2.72. The molecule has 0 heterocycles. The Morgan fingerprint density at radius 3 is 2.21 bits per heavy atom. The molecule has 0 bridgehead atoms. The van der Waals surface area contributed by atoms with Crippen LogP contribution in [0.3, 0.4) is 0 Å². The van der Waals surface area contributed by atoms with Crippen molar-refractivity contribution in [3.8, 4) is 17.6 Å². The molecule has 0 radical (unpaired) electrons. The molecule has 0 saturated heterocycles. The van der Waals surface area contributed by atoms with Crippen LogP contribution in [-0.4, -0.2) is 39.2 Å². The highest BCUT2D eigenvalue weighted by atomic mass is 19.1. The van der Waals surface area contributed by atoms with Gasteiger partial charge in [-0.3, -0.25) is 4.79 Å². The van der Waals surface area contributed by atoms with Crippen LogP contribution in [0.25, 0.3) is 0 Å². The fourth-order valence-corrected chi connectivity index (χ4v) is 2.51. The summed E-state index contributed by atoms with van der Waals surface area (Å²) in [7, 11) is 2.80. The van der Waals surface area contributed by atoms with Gasteiger partial charge in [0.1, 0.15) is 22.9 Å². The molecule has 2 aromatic rings. The first-order valence-electron chi connectivity index (χ1n) is 8.32. The van der Waals surface area contributed by atoms with Crippen molar-refractivity contribution in [2.75, 3.05) is 32.3 Å². The van der Waals surface area contributed by atoms with Gasteiger partial charge in [-0.1, -0.05) is 6.07 Å². The Balaban J connectivity index is 2.15. The van der Waals surface area contributed by atoms with Crippen LogP contribution in [0.5, 0.6) is 11.5 Å². The number of esters is 1. The van der Waals surface area contributed by atoms with Crippen molar-refractivity contribution < 1.29 is 28.2 Å². The Bertz CT molecular complexity index is 855. The van der Waals surface area contributed by atoms with Gasteiger partial charge in [-0.2, -0.15) is 5.26 Å². The summed E-state index contributed by atoms with van der Waals surface area (Å²) in [6, 6.07) is 12.0. The van der Waals surface area contributed by atoms with Crippen molar-refractivity contribution >= 4 is 17.6 Å². The molecule has 146 valence electrons. The average molecular weight is 386 g/mol. The monoisotopic (exact) mass is 386 g/mol. The number of carbonyl (C=O) groups is 2. The molecule has 0 N–H and O–H groups in total. The number of anilines is 1. The number of carbonyl (C=O) groups excluding carboxylic acids is 2. The highest BCUT2D eigenvalue weighted by Gasteiger charge is 2.23. The molecule has 0 unspecified atom stereocenters. The van der Waals surface area contributed by atoms with Crippen molar-refractivity contribution in [3.63, 3.8) is 0 Å². The Morgan fingerprint density at radius 1 is 1.07 bits per heavy atom. The normalized spacial score (nSPS) is 9.93. The van der Waals surface area contributed by atoms with E-state index < -0.39 is 24.3 Å². The minimum Gasteiger partial charge on any atom is -0.496 e. The molecular weight excluding hydrogens is 367 g/mol. The van der Waals surface area contributed by atoms with Crippen molar-refractivity contribution in [2.45, 2.75) is 6.42 Å². The fraction of sp³-hybridized carbons (Fsp3) is 0.250. The lowest BCUT2D eigenvalue weighted by molar-refractivity contribution is -0.121. The Labute approximate surface area is 161 Å². The lowest BCUT2D eigenvalue weighted by Crippen LogP contribution is -2.35. The van der Waals surface area contributed by atoms with Crippen LogP contribution in [0.15, 0.2) is 42.5 Å². The van der Waals surface area contributed by atoms with E-state index >= 15 is 0 Å². The van der Waals surface area contributed by atoms with Gasteiger partial charge in [0, 0.05) is 12.2 Å². The van der Waals surface area contributed by atoms with E-state index in [4.69, 9.17) is 19.5 Å². The number of hydrogen-bond acceptors (Lipinski definition) is 6. The summed E-state index contributed by atoms with van der Waals surface area (Å²) in [4.78, 5) is 26.3. The fourth-order valence-electron chi connectivity index (χ4n) is 2.51. The molecule has 0 aromatic heterocycles. The van der Waals surface area contributed by atoms with E-state index in [2.05, 4.69) is 0 Å². The summed E-state index contributed by atoms with van der Waals surface area (Å²) in [5, 5.41) is 8.81. The van der Waals surface area contributed by atoms with E-state index in [1.807, 2.05) is 6.07 Å². The summed E-state index contributed by atoms with van der Waals surface area (Å²) < 4.78 is 28.6. The number of rotatable bonds is 8. The molecule has 0 aliphatic carbocycles. The number of ether oxygens (including phenoxy) is 3. The lowest BCUT2D eigenvalue weighted by Gasteiger charge is -2.22. The zero-order valence-corrected chi connectivity index (χ0v) is 15.5. The van der Waals surface area contributed by atoms with Crippen LogP contribution in [0, 0.1) is 17.1 Å². The zero-order valence-electron chi connectivity index (χ0n) is 15.5. The molecule has 2 rings (SSSR count). The van der Waals surface area contributed by atoms with E-state index in [-0.39, 0.29) is 30.0 Å². The molecule has 7 nitrogen and oxygen atoms in total. The standard InChI is InChI=1S/C20H19FN2O5/c1-26-16-5-3-6-17(27-2)19(16)20(25)28-13-18(24)23(12-4-11-22)15-9-7-14(21)8-10-15/h3,5-10H,4,12-13H2,1-2H3. The predicted octanol–water partition coefficient (Wildman–Crippen LogP) is 2.95. The van der Waals surface area contributed by atoms with Gasteiger partial charge in [0.2, 0.25) is 0 Å². The Kier molecular flexibility index (Phi) is 7.34. The Hall–Kier alpha value is -3.60. The third kappa shape index (κ3) is 4.98. The van der Waals surface area contributed by atoms with Gasteiger partial charge in [-0.25, -0.2) is 9.18 Å². The molecule has 0 aliphatic rings. The molecule has 0 saturated carbocycles. The molecule has 2 aromatic carbocycles. The second kappa shape index (κ2) is 9.92. The van der Waals surface area contributed by atoms with Gasteiger partial charge >= 0.3 is 5.97 Å². The molecule has 8 heteroatoms. The molecule has 0 aliphatic heterocycles. The van der Waals surface area contributed by atoms with Crippen LogP contribution in [0.4, 0.5) is 10.1 Å². The summed E-state index contributed by atoms with van der Waals surface area (Å²) >= 11 is 0. The maximum Gasteiger partial charge on any atom is 0.346 e. The number of nitrogens with zero attached hydrogens (tertiary/aromatic N) is 2. The molecule has 1 amide bonds. The third-order valence-corrected chi connectivity index (χ3v) is 3.85. The van der Waals surface area contributed by atoms with E-state index in [0.717, 1.165) is 0 Å². The van der Waals surface area contributed by atoms with Crippen LogP contribution in [0.1, 0.15) is 16.8 Å². The SMILES string of the molecule is COc1cccc(OC)c1C(=O)OCC(=O)N(CCC#N)c1ccc(F)cc1. The van der Waals surface area contributed by atoms with Crippen molar-refractivity contribution in [1.29, 1.82) is 5.26 Å². The molecule has 28 heavy (non-hydrogen) atoms. The van der Waals surface area contributed by atoms with E-state index in [1.54, 1.807) is 18.2 Å². The molecule has 0 atom stereocenters. The zero-order chi connectivity index (χ0) is 20.5. The number of nitriles is 1. The third-order valence-electron chi connectivity index (χ3n) is 3.85. The molecule has 0 fully saturated rings. The topological polar surface area (TPSA) is 88.9 Å². The minimum absolute atomic E-state index is 0.0608. The van der Waals surface area contributed by atoms with Gasteiger partial charge in [-0.05, 0) is 36.4 Å². The van der Waals surface area contributed by atoms with Crippen LogP contribution in [-0.2, 0) is 9.53 Å². The second-order valence-corrected chi connectivity index (χ2v) is 5.54. The Morgan fingerprint density at radius 2 is 1.68 bits per heavy atom. The summed E-state index contributed by atoms with van der Waals surface area (Å²) in [6.45, 7) is -0.487. The largest absolute Gasteiger partial charge is 0.496 e. The summed E-state index contributed by atoms with van der Waals surface area (Å²) in [5.74, 6) is -1.30. The van der Waals surface area contributed by atoms with Gasteiger partial charge in [0.25, 0.3) is 5.91 Å². The number of halogens is 1. The quantitative estimate of drug-likeness (QED) is 0.648. The van der Waals surface area contributed by atoms with E-state index in [1.165, 1.54) is 43.4 Å². The first kappa shape index (κ1) is 20.7.